The summed E-state index contributed by atoms with van der Waals surface area (Å²) in [4.78, 5) is 11.6. The number of rotatable bonds is 6. The van der Waals surface area contributed by atoms with Gasteiger partial charge in [0.25, 0.3) is 0 Å². The van der Waals surface area contributed by atoms with Crippen LogP contribution in [-0.4, -0.2) is 24.7 Å². The highest BCUT2D eigenvalue weighted by molar-refractivity contribution is 5.75. The Bertz CT molecular complexity index is 218. The summed E-state index contributed by atoms with van der Waals surface area (Å²) in [6.07, 6.45) is 8.23. The second-order valence-electron chi connectivity index (χ2n) is 3.90. The van der Waals surface area contributed by atoms with Gasteiger partial charge in [0.1, 0.15) is 6.04 Å². The smallest absolute Gasteiger partial charge is 0.323 e. The Morgan fingerprint density at radius 1 is 1.47 bits per heavy atom. The van der Waals surface area contributed by atoms with Gasteiger partial charge in [-0.05, 0) is 26.2 Å². The van der Waals surface area contributed by atoms with Gasteiger partial charge in [-0.15, -0.1) is 0 Å². The first-order valence-electron chi connectivity index (χ1n) is 5.85. The van der Waals surface area contributed by atoms with Crippen LogP contribution in [0, 0.1) is 0 Å². The highest BCUT2D eigenvalue weighted by atomic mass is 16.5. The van der Waals surface area contributed by atoms with Gasteiger partial charge in [-0.2, -0.15) is 0 Å². The van der Waals surface area contributed by atoms with Crippen LogP contribution in [0.3, 0.4) is 0 Å². The number of nitrogens with one attached hydrogen (secondary N) is 1. The van der Waals surface area contributed by atoms with Crippen molar-refractivity contribution in [2.75, 3.05) is 6.61 Å². The van der Waals surface area contributed by atoms with Gasteiger partial charge in [-0.1, -0.05) is 25.5 Å². The molecule has 3 heteroatoms. The lowest BCUT2D eigenvalue weighted by molar-refractivity contribution is -0.146. The molecule has 1 unspecified atom stereocenters. The molecular formula is C12H21NO2. The minimum atomic E-state index is -0.125. The number of ether oxygens (including phenoxy) is 1. The zero-order chi connectivity index (χ0) is 11.1. The van der Waals surface area contributed by atoms with Gasteiger partial charge in [0.05, 0.1) is 6.61 Å². The standard InChI is InChI=1S/C12H21NO2/c1-3-7-11(12(14)15-4-2)13-10-8-5-6-9-10/h5-6,10-11,13H,3-4,7-9H2,1-2H3. The SMILES string of the molecule is CCCC(NC1CC=CC1)C(=O)OCC. The van der Waals surface area contributed by atoms with Gasteiger partial charge in [0.2, 0.25) is 0 Å². The minimum Gasteiger partial charge on any atom is -0.465 e. The summed E-state index contributed by atoms with van der Waals surface area (Å²) in [6, 6.07) is 0.297. The maximum Gasteiger partial charge on any atom is 0.323 e. The zero-order valence-electron chi connectivity index (χ0n) is 9.66. The molecule has 0 heterocycles. The average molecular weight is 211 g/mol. The zero-order valence-corrected chi connectivity index (χ0v) is 9.66. The Hall–Kier alpha value is -0.830. The van der Waals surface area contributed by atoms with Crippen molar-refractivity contribution in [2.24, 2.45) is 0 Å². The van der Waals surface area contributed by atoms with Gasteiger partial charge in [0, 0.05) is 6.04 Å². The molecule has 0 bridgehead atoms. The highest BCUT2D eigenvalue weighted by Crippen LogP contribution is 2.12. The molecule has 1 rings (SSSR count). The highest BCUT2D eigenvalue weighted by Gasteiger charge is 2.22. The summed E-state index contributed by atoms with van der Waals surface area (Å²) in [5.41, 5.74) is 0. The van der Waals surface area contributed by atoms with Crippen LogP contribution in [0.25, 0.3) is 0 Å². The van der Waals surface area contributed by atoms with Crippen molar-refractivity contribution in [3.63, 3.8) is 0 Å². The molecule has 86 valence electrons. The van der Waals surface area contributed by atoms with Crippen LogP contribution < -0.4 is 5.32 Å². The maximum atomic E-state index is 11.6. The summed E-state index contributed by atoms with van der Waals surface area (Å²) < 4.78 is 5.05. The molecule has 15 heavy (non-hydrogen) atoms. The first-order valence-corrected chi connectivity index (χ1v) is 5.85. The van der Waals surface area contributed by atoms with Gasteiger partial charge in [0.15, 0.2) is 0 Å². The molecular weight excluding hydrogens is 190 g/mol. The van der Waals surface area contributed by atoms with E-state index in [4.69, 9.17) is 4.74 Å². The Labute approximate surface area is 91.9 Å². The molecule has 0 saturated heterocycles. The van der Waals surface area contributed by atoms with E-state index in [2.05, 4.69) is 24.4 Å². The number of carbonyl (C=O) groups excluding carboxylic acids is 1. The molecule has 0 aromatic carbocycles. The Balaban J connectivity index is 2.38. The first-order chi connectivity index (χ1) is 7.27. The minimum absolute atomic E-state index is 0.105. The summed E-state index contributed by atoms with van der Waals surface area (Å²) in [5.74, 6) is -0.105. The topological polar surface area (TPSA) is 38.3 Å². The molecule has 1 atom stereocenters. The van der Waals surface area contributed by atoms with E-state index in [1.165, 1.54) is 0 Å². The molecule has 0 spiro atoms. The van der Waals surface area contributed by atoms with Crippen LogP contribution in [0.5, 0.6) is 0 Å². The largest absolute Gasteiger partial charge is 0.465 e. The fourth-order valence-corrected chi connectivity index (χ4v) is 1.84. The van der Waals surface area contributed by atoms with Gasteiger partial charge >= 0.3 is 5.97 Å². The molecule has 0 saturated carbocycles. The van der Waals surface area contributed by atoms with Crippen molar-refractivity contribution in [3.8, 4) is 0 Å². The predicted molar refractivity (Wildman–Crippen MR) is 60.6 cm³/mol. The third-order valence-electron chi connectivity index (χ3n) is 2.59. The van der Waals surface area contributed by atoms with Crippen molar-refractivity contribution < 1.29 is 9.53 Å². The van der Waals surface area contributed by atoms with Crippen LogP contribution in [0.4, 0.5) is 0 Å². The number of carbonyl (C=O) groups is 1. The molecule has 1 aliphatic rings. The first kappa shape index (κ1) is 12.2. The van der Waals surface area contributed by atoms with E-state index in [9.17, 15) is 4.79 Å². The van der Waals surface area contributed by atoms with Crippen LogP contribution in [0.15, 0.2) is 12.2 Å². The van der Waals surface area contributed by atoms with Crippen LogP contribution in [0.2, 0.25) is 0 Å². The van der Waals surface area contributed by atoms with E-state index in [1.54, 1.807) is 0 Å². The molecule has 1 N–H and O–H groups in total. The molecule has 0 fully saturated rings. The quantitative estimate of drug-likeness (QED) is 0.539. The predicted octanol–water partition coefficient (Wildman–Crippen LogP) is 2.03. The number of hydrogen-bond donors (Lipinski definition) is 1. The second-order valence-corrected chi connectivity index (χ2v) is 3.90. The van der Waals surface area contributed by atoms with E-state index in [-0.39, 0.29) is 12.0 Å². The molecule has 0 aromatic rings. The Morgan fingerprint density at radius 3 is 2.67 bits per heavy atom. The lowest BCUT2D eigenvalue weighted by atomic mass is 10.1. The number of hydrogen-bond acceptors (Lipinski definition) is 3. The van der Waals surface area contributed by atoms with Crippen molar-refractivity contribution >= 4 is 5.97 Å². The molecule has 1 aliphatic carbocycles. The van der Waals surface area contributed by atoms with Crippen LogP contribution >= 0.6 is 0 Å². The summed E-state index contributed by atoms with van der Waals surface area (Å²) in [5, 5.41) is 3.36. The monoisotopic (exact) mass is 211 g/mol. The summed E-state index contributed by atoms with van der Waals surface area (Å²) >= 11 is 0. The van der Waals surface area contributed by atoms with E-state index in [0.717, 1.165) is 25.7 Å². The van der Waals surface area contributed by atoms with Crippen molar-refractivity contribution in [2.45, 2.75) is 51.6 Å². The Kier molecular flexibility index (Phi) is 5.40. The normalized spacial score (nSPS) is 18.0. The molecule has 0 aliphatic heterocycles. The van der Waals surface area contributed by atoms with Crippen molar-refractivity contribution in [1.82, 2.24) is 5.32 Å². The van der Waals surface area contributed by atoms with Crippen LogP contribution in [-0.2, 0) is 9.53 Å². The maximum absolute atomic E-state index is 11.6. The lowest BCUT2D eigenvalue weighted by Gasteiger charge is -2.20. The fraction of sp³-hybridized carbons (Fsp3) is 0.750. The van der Waals surface area contributed by atoms with Gasteiger partial charge in [-0.25, -0.2) is 0 Å². The Morgan fingerprint density at radius 2 is 2.13 bits per heavy atom. The molecule has 0 radical (unpaired) electrons. The summed E-state index contributed by atoms with van der Waals surface area (Å²) in [7, 11) is 0. The van der Waals surface area contributed by atoms with Crippen molar-refractivity contribution in [3.05, 3.63) is 12.2 Å². The fourth-order valence-electron chi connectivity index (χ4n) is 1.84. The third kappa shape index (κ3) is 4.04. The van der Waals surface area contributed by atoms with Crippen molar-refractivity contribution in [1.29, 1.82) is 0 Å². The molecule has 0 aromatic heterocycles. The summed E-state index contributed by atoms with van der Waals surface area (Å²) in [6.45, 7) is 4.39. The number of esters is 1. The van der Waals surface area contributed by atoms with Crippen LogP contribution in [0.1, 0.15) is 39.5 Å². The molecule has 0 amide bonds. The second kappa shape index (κ2) is 6.62. The van der Waals surface area contributed by atoms with Gasteiger partial charge in [-0.3, -0.25) is 4.79 Å². The average Bonchev–Trinajstić information content (AvgIpc) is 2.70. The van der Waals surface area contributed by atoms with Gasteiger partial charge < -0.3 is 10.1 Å². The third-order valence-corrected chi connectivity index (χ3v) is 2.59. The molecule has 3 nitrogen and oxygen atoms in total. The van der Waals surface area contributed by atoms with E-state index < -0.39 is 0 Å². The van der Waals surface area contributed by atoms with E-state index in [0.29, 0.717) is 12.6 Å². The lowest BCUT2D eigenvalue weighted by Crippen LogP contribution is -2.43. The van der Waals surface area contributed by atoms with E-state index >= 15 is 0 Å². The van der Waals surface area contributed by atoms with E-state index in [1.807, 2.05) is 6.92 Å².